The average Bonchev–Trinajstić information content (AvgIpc) is 3.52. The van der Waals surface area contributed by atoms with Crippen LogP contribution in [0.1, 0.15) is 10.4 Å². The highest BCUT2D eigenvalue weighted by atomic mass is 35.5. The average molecular weight is 524 g/mol. The van der Waals surface area contributed by atoms with Crippen molar-refractivity contribution in [2.24, 2.45) is 0 Å². The number of fused-ring (bicyclic) bond motifs is 1. The van der Waals surface area contributed by atoms with Gasteiger partial charge in [-0.2, -0.15) is 5.10 Å². The normalized spacial score (nSPS) is 11.1. The van der Waals surface area contributed by atoms with Gasteiger partial charge in [0.25, 0.3) is 5.91 Å². The molecule has 2 heterocycles. The summed E-state index contributed by atoms with van der Waals surface area (Å²) in [5.41, 5.74) is 5.47. The van der Waals surface area contributed by atoms with E-state index in [4.69, 9.17) is 28.3 Å². The molecule has 6 rings (SSSR count). The molecule has 0 unspecified atom stereocenters. The Kier molecular flexibility index (Phi) is 5.96. The van der Waals surface area contributed by atoms with E-state index in [1.165, 1.54) is 0 Å². The van der Waals surface area contributed by atoms with E-state index < -0.39 is 0 Å². The highest BCUT2D eigenvalue weighted by molar-refractivity contribution is 6.31. The summed E-state index contributed by atoms with van der Waals surface area (Å²) in [5.74, 6) is -0.00101. The third kappa shape index (κ3) is 4.48. The summed E-state index contributed by atoms with van der Waals surface area (Å²) in [7, 11) is 0. The van der Waals surface area contributed by atoms with Gasteiger partial charge in [-0.15, -0.1) is 0 Å². The maximum Gasteiger partial charge on any atom is 0.262 e. The Hall–Kier alpha value is -4.39. The van der Waals surface area contributed by atoms with Gasteiger partial charge in [-0.3, -0.25) is 10.1 Å². The van der Waals surface area contributed by atoms with Crippen molar-refractivity contribution in [3.63, 3.8) is 0 Å². The minimum absolute atomic E-state index is 0.350. The fourth-order valence-electron chi connectivity index (χ4n) is 4.26. The first-order chi connectivity index (χ1) is 18.1. The molecule has 0 atom stereocenters. The Balaban J connectivity index is 1.57. The number of carbonyl (C=O) groups excluding carboxylic acids is 1. The van der Waals surface area contributed by atoms with Gasteiger partial charge in [0, 0.05) is 21.2 Å². The Morgan fingerprint density at radius 2 is 1.38 bits per heavy atom. The lowest BCUT2D eigenvalue weighted by Crippen LogP contribution is -2.15. The minimum atomic E-state index is -0.351. The van der Waals surface area contributed by atoms with Crippen molar-refractivity contribution in [1.29, 1.82) is 0 Å². The number of halogens is 2. The quantitative estimate of drug-likeness (QED) is 0.243. The summed E-state index contributed by atoms with van der Waals surface area (Å²) < 4.78 is 1.78. The molecule has 0 aliphatic carbocycles. The van der Waals surface area contributed by atoms with Crippen LogP contribution in [0.2, 0.25) is 10.0 Å². The molecule has 0 saturated heterocycles. The molecular weight excluding hydrogens is 505 g/mol. The van der Waals surface area contributed by atoms with Gasteiger partial charge in [0.15, 0.2) is 0 Å². The van der Waals surface area contributed by atoms with Crippen molar-refractivity contribution in [1.82, 2.24) is 19.7 Å². The van der Waals surface area contributed by atoms with Gasteiger partial charge in [0.05, 0.1) is 28.0 Å². The van der Waals surface area contributed by atoms with E-state index in [1.807, 2.05) is 78.9 Å². The number of anilines is 1. The van der Waals surface area contributed by atoms with Crippen LogP contribution in [0.15, 0.2) is 103 Å². The summed E-state index contributed by atoms with van der Waals surface area (Å²) in [4.78, 5) is 21.7. The lowest BCUT2D eigenvalue weighted by molar-refractivity contribution is 0.102. The van der Waals surface area contributed by atoms with E-state index in [0.717, 1.165) is 27.8 Å². The van der Waals surface area contributed by atoms with E-state index in [-0.39, 0.29) is 5.91 Å². The number of H-pyrrole nitrogens is 1. The molecule has 1 amide bonds. The second-order valence-corrected chi connectivity index (χ2v) is 9.26. The molecule has 6 nitrogen and oxygen atoms in total. The van der Waals surface area contributed by atoms with Gasteiger partial charge < -0.3 is 4.98 Å². The second kappa shape index (κ2) is 9.58. The van der Waals surface area contributed by atoms with Crippen LogP contribution >= 0.6 is 23.2 Å². The summed E-state index contributed by atoms with van der Waals surface area (Å²) >= 11 is 12.4. The monoisotopic (exact) mass is 523 g/mol. The molecule has 2 aromatic heterocycles. The van der Waals surface area contributed by atoms with Crippen LogP contribution in [-0.2, 0) is 0 Å². The third-order valence-corrected chi connectivity index (χ3v) is 6.47. The van der Waals surface area contributed by atoms with Crippen molar-refractivity contribution in [3.8, 4) is 28.2 Å². The first kappa shape index (κ1) is 23.0. The van der Waals surface area contributed by atoms with E-state index in [2.05, 4.69) is 15.3 Å². The van der Waals surface area contributed by atoms with Crippen molar-refractivity contribution >= 4 is 46.1 Å². The predicted octanol–water partition coefficient (Wildman–Crippen LogP) is 7.64. The van der Waals surface area contributed by atoms with Crippen molar-refractivity contribution in [2.45, 2.75) is 0 Å². The Morgan fingerprint density at radius 1 is 0.757 bits per heavy atom. The van der Waals surface area contributed by atoms with Crippen molar-refractivity contribution in [3.05, 3.63) is 119 Å². The fraction of sp³-hybridized carbons (Fsp3) is 0. The van der Waals surface area contributed by atoms with Crippen LogP contribution in [-0.4, -0.2) is 25.7 Å². The number of hydrogen-bond donors (Lipinski definition) is 2. The number of rotatable bonds is 5. The number of para-hydroxylation sites is 3. The first-order valence-electron chi connectivity index (χ1n) is 11.5. The van der Waals surface area contributed by atoms with Crippen LogP contribution in [0.4, 0.5) is 5.95 Å². The summed E-state index contributed by atoms with van der Waals surface area (Å²) in [5, 5.41) is 9.07. The largest absolute Gasteiger partial charge is 0.324 e. The first-order valence-corrected chi connectivity index (χ1v) is 12.3. The number of nitrogens with zero attached hydrogens (tertiary/aromatic N) is 3. The molecular formula is C29H19Cl2N5O. The smallest absolute Gasteiger partial charge is 0.262 e. The van der Waals surface area contributed by atoms with E-state index >= 15 is 0 Å². The number of benzene rings is 4. The molecule has 180 valence electrons. The van der Waals surface area contributed by atoms with Gasteiger partial charge in [-0.1, -0.05) is 77.8 Å². The van der Waals surface area contributed by atoms with Gasteiger partial charge in [0.2, 0.25) is 5.95 Å². The second-order valence-electron chi connectivity index (χ2n) is 8.39. The predicted molar refractivity (Wildman–Crippen MR) is 149 cm³/mol. The summed E-state index contributed by atoms with van der Waals surface area (Å²) in [6.45, 7) is 0. The number of hydrogen-bond acceptors (Lipinski definition) is 3. The molecule has 4 aromatic carbocycles. The van der Waals surface area contributed by atoms with E-state index in [9.17, 15) is 4.79 Å². The lowest BCUT2D eigenvalue weighted by Gasteiger charge is -2.10. The van der Waals surface area contributed by atoms with Crippen molar-refractivity contribution in [2.75, 3.05) is 5.32 Å². The molecule has 0 spiro atoms. The highest BCUT2D eigenvalue weighted by Crippen LogP contribution is 2.36. The summed E-state index contributed by atoms with van der Waals surface area (Å²) in [6.07, 6.45) is 0. The van der Waals surface area contributed by atoms with Crippen LogP contribution < -0.4 is 5.32 Å². The molecule has 0 radical (unpaired) electrons. The number of carbonyl (C=O) groups is 1. The lowest BCUT2D eigenvalue weighted by atomic mass is 10.0. The van der Waals surface area contributed by atoms with Crippen LogP contribution in [0.5, 0.6) is 0 Å². The zero-order valence-electron chi connectivity index (χ0n) is 19.3. The Labute approximate surface area is 222 Å². The summed E-state index contributed by atoms with van der Waals surface area (Å²) in [6, 6.07) is 31.9. The minimum Gasteiger partial charge on any atom is -0.324 e. The van der Waals surface area contributed by atoms with E-state index in [0.29, 0.717) is 32.9 Å². The topological polar surface area (TPSA) is 75.6 Å². The maximum atomic E-state index is 14.0. The Bertz CT molecular complexity index is 1690. The maximum absolute atomic E-state index is 14.0. The number of nitrogens with one attached hydrogen (secondary N) is 2. The zero-order chi connectivity index (χ0) is 25.4. The number of aromatic amines is 1. The molecule has 37 heavy (non-hydrogen) atoms. The molecule has 6 aromatic rings. The van der Waals surface area contributed by atoms with E-state index in [1.54, 1.807) is 28.9 Å². The number of imidazole rings is 1. The highest BCUT2D eigenvalue weighted by Gasteiger charge is 2.27. The fourth-order valence-corrected chi connectivity index (χ4v) is 4.51. The third-order valence-electron chi connectivity index (χ3n) is 5.97. The molecule has 0 bridgehead atoms. The Morgan fingerprint density at radius 3 is 2.05 bits per heavy atom. The standard InChI is InChI=1S/C29H19Cl2N5O/c30-20-14-10-18(11-15-20)26-25(28(37)34-29-32-23-8-4-5-9-24(23)33-29)27(19-12-16-21(31)17-13-19)36(35-26)22-6-2-1-3-7-22/h1-17H,(H2,32,33,34,37). The van der Waals surface area contributed by atoms with Gasteiger partial charge >= 0.3 is 0 Å². The van der Waals surface area contributed by atoms with Gasteiger partial charge in [0.1, 0.15) is 5.69 Å². The van der Waals surface area contributed by atoms with Crippen LogP contribution in [0.3, 0.4) is 0 Å². The SMILES string of the molecule is O=C(Nc1nc2ccccc2[nH]1)c1c(-c2ccc(Cl)cc2)nn(-c2ccccc2)c1-c1ccc(Cl)cc1. The van der Waals surface area contributed by atoms with Crippen molar-refractivity contribution < 1.29 is 4.79 Å². The zero-order valence-corrected chi connectivity index (χ0v) is 20.8. The number of amides is 1. The molecule has 8 heteroatoms. The molecule has 0 aliphatic heterocycles. The van der Waals surface area contributed by atoms with Gasteiger partial charge in [-0.05, 0) is 48.5 Å². The molecule has 0 aliphatic rings. The number of aromatic nitrogens is 4. The van der Waals surface area contributed by atoms with Crippen LogP contribution in [0.25, 0.3) is 39.2 Å². The molecule has 0 saturated carbocycles. The van der Waals surface area contributed by atoms with Crippen LogP contribution in [0, 0.1) is 0 Å². The molecule has 2 N–H and O–H groups in total. The molecule has 0 fully saturated rings. The van der Waals surface area contributed by atoms with Gasteiger partial charge in [-0.25, -0.2) is 9.67 Å².